The molecule has 1 aromatic carbocycles. The largest absolute Gasteiger partial charge is 0.461 e. The molecule has 2 aliphatic carbocycles. The van der Waals surface area contributed by atoms with E-state index < -0.39 is 23.9 Å². The molecule has 7 unspecified atom stereocenters. The van der Waals surface area contributed by atoms with Crippen molar-refractivity contribution in [3.05, 3.63) is 35.4 Å². The molecule has 2 fully saturated rings. The molecule has 0 spiro atoms. The Morgan fingerprint density at radius 2 is 1.30 bits per heavy atom. The van der Waals surface area contributed by atoms with Gasteiger partial charge in [0.1, 0.15) is 12.2 Å². The molecule has 4 rings (SSSR count). The Hall–Kier alpha value is -2.37. The zero-order valence-corrected chi connectivity index (χ0v) is 23.4. The topological polar surface area (TPSA) is 81.7 Å². The first-order valence-corrected chi connectivity index (χ1v) is 14.4. The molecule has 37 heavy (non-hydrogen) atoms. The fraction of sp³-hybridized carbons (Fsp3) is 0.710. The second-order valence-corrected chi connectivity index (χ2v) is 12.6. The molecule has 204 valence electrons. The van der Waals surface area contributed by atoms with Gasteiger partial charge in [-0.3, -0.25) is 14.4 Å². The minimum atomic E-state index is -1.23. The van der Waals surface area contributed by atoms with E-state index in [0.717, 1.165) is 38.5 Å². The Bertz CT molecular complexity index is 942. The van der Waals surface area contributed by atoms with Gasteiger partial charge in [0.2, 0.25) is 0 Å². The van der Waals surface area contributed by atoms with Crippen molar-refractivity contribution < 1.29 is 23.9 Å². The summed E-state index contributed by atoms with van der Waals surface area (Å²) in [4.78, 5) is 40.5. The number of carbonyl (C=O) groups is 3. The van der Waals surface area contributed by atoms with Gasteiger partial charge < -0.3 is 14.8 Å². The van der Waals surface area contributed by atoms with E-state index >= 15 is 0 Å². The molecule has 0 saturated heterocycles. The average Bonchev–Trinajstić information content (AvgIpc) is 3.15. The molecule has 1 aromatic rings. The van der Waals surface area contributed by atoms with E-state index in [4.69, 9.17) is 9.47 Å². The van der Waals surface area contributed by atoms with Crippen LogP contribution in [0.1, 0.15) is 102 Å². The normalized spacial score (nSPS) is 32.5. The summed E-state index contributed by atoms with van der Waals surface area (Å²) < 4.78 is 12.4. The fourth-order valence-corrected chi connectivity index (χ4v) is 6.85. The first-order chi connectivity index (χ1) is 17.6. The predicted molar refractivity (Wildman–Crippen MR) is 143 cm³/mol. The van der Waals surface area contributed by atoms with Crippen LogP contribution >= 0.6 is 0 Å². The van der Waals surface area contributed by atoms with Crippen LogP contribution in [0.15, 0.2) is 24.3 Å². The molecule has 6 heteroatoms. The van der Waals surface area contributed by atoms with Gasteiger partial charge in [0.05, 0.1) is 6.04 Å². The Morgan fingerprint density at radius 3 is 1.78 bits per heavy atom. The highest BCUT2D eigenvalue weighted by molar-refractivity contribution is 6.03. The highest BCUT2D eigenvalue weighted by Crippen LogP contribution is 2.40. The maximum atomic E-state index is 13.9. The molecule has 6 nitrogen and oxygen atoms in total. The van der Waals surface area contributed by atoms with E-state index in [1.165, 1.54) is 0 Å². The minimum absolute atomic E-state index is 0.239. The van der Waals surface area contributed by atoms with Gasteiger partial charge in [-0.1, -0.05) is 72.6 Å². The molecule has 1 amide bonds. The predicted octanol–water partition coefficient (Wildman–Crippen LogP) is 6.10. The van der Waals surface area contributed by atoms with Crippen molar-refractivity contribution in [1.82, 2.24) is 5.32 Å². The van der Waals surface area contributed by atoms with Crippen molar-refractivity contribution in [3.8, 4) is 0 Å². The molecular formula is C31H45NO5. The molecule has 1 heterocycles. The molecule has 7 atom stereocenters. The first-order valence-electron chi connectivity index (χ1n) is 14.4. The highest BCUT2D eigenvalue weighted by atomic mass is 16.6. The third-order valence-corrected chi connectivity index (χ3v) is 9.13. The number of rotatable bonds is 7. The summed E-state index contributed by atoms with van der Waals surface area (Å²) in [5.74, 6) is -0.494. The number of esters is 2. The van der Waals surface area contributed by atoms with Crippen molar-refractivity contribution in [1.29, 1.82) is 0 Å². The third-order valence-electron chi connectivity index (χ3n) is 9.13. The minimum Gasteiger partial charge on any atom is -0.461 e. The van der Waals surface area contributed by atoms with Crippen LogP contribution in [0, 0.1) is 41.4 Å². The number of nitrogens with one attached hydrogen (secondary N) is 1. The van der Waals surface area contributed by atoms with Gasteiger partial charge in [-0.05, 0) is 72.8 Å². The Balaban J connectivity index is 1.62. The molecular weight excluding hydrogens is 466 g/mol. The number of hydrogen-bond acceptors (Lipinski definition) is 5. The molecule has 3 aliphatic rings. The maximum absolute atomic E-state index is 13.9. The molecule has 1 N–H and O–H groups in total. The molecule has 0 bridgehead atoms. The van der Waals surface area contributed by atoms with E-state index in [1.807, 2.05) is 12.1 Å². The van der Waals surface area contributed by atoms with Crippen LogP contribution in [0.4, 0.5) is 0 Å². The molecule has 0 radical (unpaired) electrons. The van der Waals surface area contributed by atoms with Gasteiger partial charge in [-0.2, -0.15) is 0 Å². The van der Waals surface area contributed by atoms with Gasteiger partial charge in [0, 0.05) is 5.56 Å². The van der Waals surface area contributed by atoms with E-state index in [9.17, 15) is 14.4 Å². The smallest absolute Gasteiger partial charge is 0.323 e. The van der Waals surface area contributed by atoms with Crippen LogP contribution in [-0.4, -0.2) is 30.1 Å². The summed E-state index contributed by atoms with van der Waals surface area (Å²) in [6.07, 6.45) is 5.35. The zero-order valence-electron chi connectivity index (χ0n) is 23.4. The third kappa shape index (κ3) is 6.04. The highest BCUT2D eigenvalue weighted by Gasteiger charge is 2.47. The summed E-state index contributed by atoms with van der Waals surface area (Å²) in [7, 11) is 0. The zero-order chi connectivity index (χ0) is 26.9. The second kappa shape index (κ2) is 11.6. The fourth-order valence-electron chi connectivity index (χ4n) is 6.85. The summed E-state index contributed by atoms with van der Waals surface area (Å²) in [6.45, 7) is 13.0. The Labute approximate surface area is 222 Å². The van der Waals surface area contributed by atoms with E-state index in [0.29, 0.717) is 34.8 Å². The molecule has 0 aromatic heterocycles. The van der Waals surface area contributed by atoms with Crippen molar-refractivity contribution in [2.24, 2.45) is 41.4 Å². The van der Waals surface area contributed by atoms with Gasteiger partial charge in [-0.25, -0.2) is 0 Å². The quantitative estimate of drug-likeness (QED) is 0.354. The monoisotopic (exact) mass is 511 g/mol. The van der Waals surface area contributed by atoms with E-state index in [-0.39, 0.29) is 30.0 Å². The SMILES string of the molecule is CC1CCC(C(C)C)C(OC(=O)C(C(=O)OC2CC(C)CCC2C(C)C)C2NC(=O)c3ccccc32)C1. The average molecular weight is 512 g/mol. The summed E-state index contributed by atoms with van der Waals surface area (Å²) in [5, 5.41) is 2.90. The van der Waals surface area contributed by atoms with Crippen LogP contribution < -0.4 is 5.32 Å². The van der Waals surface area contributed by atoms with Crippen molar-refractivity contribution in [2.75, 3.05) is 0 Å². The van der Waals surface area contributed by atoms with Crippen LogP contribution in [0.5, 0.6) is 0 Å². The lowest BCUT2D eigenvalue weighted by Gasteiger charge is -2.39. The number of amides is 1. The summed E-state index contributed by atoms with van der Waals surface area (Å²) >= 11 is 0. The summed E-state index contributed by atoms with van der Waals surface area (Å²) in [6, 6.07) is 6.37. The van der Waals surface area contributed by atoms with Crippen molar-refractivity contribution in [3.63, 3.8) is 0 Å². The lowest BCUT2D eigenvalue weighted by Crippen LogP contribution is -2.45. The number of hydrogen-bond donors (Lipinski definition) is 1. The maximum Gasteiger partial charge on any atom is 0.323 e. The number of benzene rings is 1. The lowest BCUT2D eigenvalue weighted by molar-refractivity contribution is -0.176. The van der Waals surface area contributed by atoms with Crippen molar-refractivity contribution >= 4 is 17.8 Å². The number of ether oxygens (including phenoxy) is 2. The van der Waals surface area contributed by atoms with Crippen LogP contribution in [0.3, 0.4) is 0 Å². The standard InChI is InChI=1S/C31H45NO5/c1-17(2)21-13-11-19(5)15-25(21)36-30(34)27(28-23-9-7-8-10-24(23)29(33)32-28)31(35)37-26-16-20(6)12-14-22(26)18(3)4/h7-10,17-22,25-28H,11-16H2,1-6H3,(H,32,33). The second-order valence-electron chi connectivity index (χ2n) is 12.6. The van der Waals surface area contributed by atoms with Crippen LogP contribution in [0.2, 0.25) is 0 Å². The Kier molecular flexibility index (Phi) is 8.65. The van der Waals surface area contributed by atoms with Crippen molar-refractivity contribution in [2.45, 2.75) is 98.3 Å². The lowest BCUT2D eigenvalue weighted by atomic mass is 9.75. The van der Waals surface area contributed by atoms with Gasteiger partial charge >= 0.3 is 11.9 Å². The molecule has 2 saturated carbocycles. The Morgan fingerprint density at radius 1 is 0.811 bits per heavy atom. The van der Waals surface area contributed by atoms with Gasteiger partial charge in [0.15, 0.2) is 5.92 Å². The van der Waals surface area contributed by atoms with E-state index in [2.05, 4.69) is 46.9 Å². The van der Waals surface area contributed by atoms with Crippen LogP contribution in [-0.2, 0) is 19.1 Å². The van der Waals surface area contributed by atoms with Crippen LogP contribution in [0.25, 0.3) is 0 Å². The molecule has 1 aliphatic heterocycles. The first kappa shape index (κ1) is 27.7. The summed E-state index contributed by atoms with van der Waals surface area (Å²) in [5.41, 5.74) is 1.15. The van der Waals surface area contributed by atoms with Gasteiger partial charge in [0.25, 0.3) is 5.91 Å². The number of fused-ring (bicyclic) bond motifs is 1. The van der Waals surface area contributed by atoms with Gasteiger partial charge in [-0.15, -0.1) is 0 Å². The number of carbonyl (C=O) groups excluding carboxylic acids is 3. The van der Waals surface area contributed by atoms with E-state index in [1.54, 1.807) is 12.1 Å².